The lowest BCUT2D eigenvalue weighted by Gasteiger charge is -2.44. The molecule has 1 rings (SSSR count). The lowest BCUT2D eigenvalue weighted by Crippen LogP contribution is -2.54. The Balaban J connectivity index is 2.32. The first-order chi connectivity index (χ1) is 9.66. The lowest BCUT2D eigenvalue weighted by atomic mass is 9.87. The molecule has 1 atom stereocenters. The smallest absolute Gasteiger partial charge is 0.0491 e. The molecule has 1 fully saturated rings. The lowest BCUT2D eigenvalue weighted by molar-refractivity contribution is 0.0370. The van der Waals surface area contributed by atoms with Crippen molar-refractivity contribution >= 4 is 0 Å². The molecular weight excluding hydrogens is 248 g/mol. The van der Waals surface area contributed by atoms with E-state index in [1.165, 1.54) is 64.5 Å². The molecule has 0 bridgehead atoms. The van der Waals surface area contributed by atoms with Crippen LogP contribution in [0.4, 0.5) is 0 Å². The molecule has 3 nitrogen and oxygen atoms in total. The Labute approximate surface area is 126 Å². The summed E-state index contributed by atoms with van der Waals surface area (Å²) in [5.74, 6) is 0.753. The maximum Gasteiger partial charge on any atom is 0.0491 e. The van der Waals surface area contributed by atoms with E-state index in [-0.39, 0.29) is 5.54 Å². The minimum atomic E-state index is 0.213. The number of unbranched alkanes of at least 4 members (excludes halogenated alkanes) is 4. The monoisotopic (exact) mass is 284 g/mol. The van der Waals surface area contributed by atoms with Crippen molar-refractivity contribution in [3.63, 3.8) is 0 Å². The van der Waals surface area contributed by atoms with Crippen LogP contribution in [0.15, 0.2) is 0 Å². The first-order valence-electron chi connectivity index (χ1n) is 8.60. The summed E-state index contributed by atoms with van der Waals surface area (Å²) in [6.45, 7) is 8.73. The van der Waals surface area contributed by atoms with E-state index in [2.05, 4.69) is 18.7 Å². The summed E-state index contributed by atoms with van der Waals surface area (Å²) in [5.41, 5.74) is 6.32. The number of hydrogen-bond donors (Lipinski definition) is 1. The molecule has 0 radical (unpaired) electrons. The fourth-order valence-electron chi connectivity index (χ4n) is 3.37. The quantitative estimate of drug-likeness (QED) is 0.625. The van der Waals surface area contributed by atoms with E-state index >= 15 is 0 Å². The van der Waals surface area contributed by atoms with Crippen molar-refractivity contribution in [3.8, 4) is 0 Å². The van der Waals surface area contributed by atoms with Gasteiger partial charge < -0.3 is 10.5 Å². The van der Waals surface area contributed by atoms with Gasteiger partial charge in [0.25, 0.3) is 0 Å². The van der Waals surface area contributed by atoms with Gasteiger partial charge in [0.1, 0.15) is 0 Å². The zero-order valence-electron chi connectivity index (χ0n) is 14.0. The van der Waals surface area contributed by atoms with Crippen LogP contribution in [0.25, 0.3) is 0 Å². The highest BCUT2D eigenvalue weighted by Crippen LogP contribution is 2.28. The van der Waals surface area contributed by atoms with Crippen LogP contribution < -0.4 is 5.73 Å². The van der Waals surface area contributed by atoms with Gasteiger partial charge in [0.15, 0.2) is 0 Å². The van der Waals surface area contributed by atoms with Gasteiger partial charge in [-0.2, -0.15) is 0 Å². The van der Waals surface area contributed by atoms with E-state index in [1.54, 1.807) is 0 Å². The van der Waals surface area contributed by atoms with Gasteiger partial charge >= 0.3 is 0 Å². The fraction of sp³-hybridized carbons (Fsp3) is 1.00. The molecule has 1 aliphatic heterocycles. The minimum Gasteiger partial charge on any atom is -0.384 e. The third-order valence-electron chi connectivity index (χ3n) is 5.04. The Bertz CT molecular complexity index is 239. The van der Waals surface area contributed by atoms with Gasteiger partial charge in [-0.1, -0.05) is 39.0 Å². The average Bonchev–Trinajstić information content (AvgIpc) is 2.48. The molecule has 1 unspecified atom stereocenters. The molecule has 20 heavy (non-hydrogen) atoms. The number of methoxy groups -OCH3 is 1. The first-order valence-corrected chi connectivity index (χ1v) is 8.60. The van der Waals surface area contributed by atoms with Crippen LogP contribution in [0.1, 0.15) is 65.2 Å². The molecule has 0 aromatic heterocycles. The molecule has 0 aromatic carbocycles. The molecule has 1 heterocycles. The van der Waals surface area contributed by atoms with Crippen molar-refractivity contribution in [3.05, 3.63) is 0 Å². The Morgan fingerprint density at radius 3 is 2.35 bits per heavy atom. The number of hydrogen-bond acceptors (Lipinski definition) is 3. The largest absolute Gasteiger partial charge is 0.384 e. The Hall–Kier alpha value is -0.120. The molecule has 0 spiro atoms. The van der Waals surface area contributed by atoms with E-state index < -0.39 is 0 Å². The van der Waals surface area contributed by atoms with Crippen LogP contribution in [0.3, 0.4) is 0 Å². The van der Waals surface area contributed by atoms with Gasteiger partial charge in [-0.15, -0.1) is 0 Å². The third kappa shape index (κ3) is 5.71. The molecule has 0 amide bonds. The Morgan fingerprint density at radius 1 is 1.15 bits per heavy atom. The summed E-state index contributed by atoms with van der Waals surface area (Å²) in [7, 11) is 1.81. The molecule has 0 aromatic rings. The number of ether oxygens (including phenoxy) is 1. The molecule has 2 N–H and O–H groups in total. The van der Waals surface area contributed by atoms with Crippen LogP contribution >= 0.6 is 0 Å². The van der Waals surface area contributed by atoms with Crippen LogP contribution in [-0.2, 0) is 4.74 Å². The fourth-order valence-corrected chi connectivity index (χ4v) is 3.37. The van der Waals surface area contributed by atoms with E-state index in [9.17, 15) is 0 Å². The van der Waals surface area contributed by atoms with Crippen molar-refractivity contribution in [1.82, 2.24) is 4.90 Å². The Morgan fingerprint density at radius 2 is 1.80 bits per heavy atom. The summed E-state index contributed by atoms with van der Waals surface area (Å²) >= 11 is 0. The maximum absolute atomic E-state index is 6.11. The maximum atomic E-state index is 6.11. The normalized spacial score (nSPS) is 21.0. The van der Waals surface area contributed by atoms with Crippen molar-refractivity contribution in [2.45, 2.75) is 70.8 Å². The summed E-state index contributed by atoms with van der Waals surface area (Å²) in [6.07, 6.45) is 10.5. The number of nitrogens with two attached hydrogens (primary N) is 1. The van der Waals surface area contributed by atoms with E-state index in [0.717, 1.165) is 19.1 Å². The summed E-state index contributed by atoms with van der Waals surface area (Å²) in [6, 6.07) is 0. The van der Waals surface area contributed by atoms with Crippen molar-refractivity contribution < 1.29 is 4.74 Å². The first kappa shape index (κ1) is 17.9. The van der Waals surface area contributed by atoms with Crippen molar-refractivity contribution in [2.75, 3.05) is 33.4 Å². The van der Waals surface area contributed by atoms with Crippen molar-refractivity contribution in [2.24, 2.45) is 11.7 Å². The highest BCUT2D eigenvalue weighted by atomic mass is 16.5. The highest BCUT2D eigenvalue weighted by molar-refractivity contribution is 4.90. The number of piperidine rings is 1. The second kappa shape index (κ2) is 9.75. The summed E-state index contributed by atoms with van der Waals surface area (Å²) in [4.78, 5) is 2.64. The molecule has 0 aliphatic carbocycles. The standard InChI is InChI=1S/C17H36N2O/c1-4-5-6-7-8-11-17(2,15-18)19-12-9-16(10-13-19)14-20-3/h16H,4-15,18H2,1-3H3. The van der Waals surface area contributed by atoms with E-state index in [0.29, 0.717) is 0 Å². The number of nitrogens with zero attached hydrogens (tertiary/aromatic N) is 1. The minimum absolute atomic E-state index is 0.213. The molecule has 3 heteroatoms. The summed E-state index contributed by atoms with van der Waals surface area (Å²) < 4.78 is 5.29. The predicted molar refractivity (Wildman–Crippen MR) is 87.0 cm³/mol. The van der Waals surface area contributed by atoms with E-state index in [1.807, 2.05) is 7.11 Å². The zero-order valence-corrected chi connectivity index (χ0v) is 14.0. The third-order valence-corrected chi connectivity index (χ3v) is 5.04. The topological polar surface area (TPSA) is 38.5 Å². The molecule has 120 valence electrons. The van der Waals surface area contributed by atoms with Gasteiger partial charge in [0.05, 0.1) is 0 Å². The molecule has 0 saturated carbocycles. The van der Waals surface area contributed by atoms with Gasteiger partial charge in [0.2, 0.25) is 0 Å². The van der Waals surface area contributed by atoms with Gasteiger partial charge in [-0.05, 0) is 45.2 Å². The van der Waals surface area contributed by atoms with Crippen molar-refractivity contribution in [1.29, 1.82) is 0 Å². The average molecular weight is 284 g/mol. The van der Waals surface area contributed by atoms with Crippen LogP contribution in [0.5, 0.6) is 0 Å². The van der Waals surface area contributed by atoms with Gasteiger partial charge in [-0.3, -0.25) is 4.90 Å². The number of likely N-dealkylation sites (tertiary alicyclic amines) is 1. The van der Waals surface area contributed by atoms with Gasteiger partial charge in [0, 0.05) is 25.8 Å². The SMILES string of the molecule is CCCCCCCC(C)(CN)N1CCC(COC)CC1. The van der Waals surface area contributed by atoms with Crippen LogP contribution in [-0.4, -0.2) is 43.8 Å². The van der Waals surface area contributed by atoms with Crippen LogP contribution in [0, 0.1) is 5.92 Å². The predicted octanol–water partition coefficient (Wildman–Crippen LogP) is 3.42. The Kier molecular flexibility index (Phi) is 8.74. The van der Waals surface area contributed by atoms with Gasteiger partial charge in [-0.25, -0.2) is 0 Å². The second-order valence-electron chi connectivity index (χ2n) is 6.75. The molecule has 1 aliphatic rings. The molecular formula is C17H36N2O. The molecule has 1 saturated heterocycles. The zero-order chi connectivity index (χ0) is 14.8. The second-order valence-corrected chi connectivity index (χ2v) is 6.75. The van der Waals surface area contributed by atoms with E-state index in [4.69, 9.17) is 10.5 Å². The highest BCUT2D eigenvalue weighted by Gasteiger charge is 2.32. The summed E-state index contributed by atoms with van der Waals surface area (Å²) in [5, 5.41) is 0. The van der Waals surface area contributed by atoms with Crippen LogP contribution in [0.2, 0.25) is 0 Å². The number of rotatable bonds is 10.